The van der Waals surface area contributed by atoms with Crippen LogP contribution in [0, 0.1) is 6.92 Å². The van der Waals surface area contributed by atoms with Crippen LogP contribution < -0.4 is 23.3 Å². The van der Waals surface area contributed by atoms with Crippen molar-refractivity contribution in [2.45, 2.75) is 112 Å². The third kappa shape index (κ3) is 9.39. The summed E-state index contributed by atoms with van der Waals surface area (Å²) in [5.41, 5.74) is 6.33. The molecule has 1 unspecified atom stereocenters. The van der Waals surface area contributed by atoms with Gasteiger partial charge in [0.1, 0.15) is 39.9 Å². The predicted octanol–water partition coefficient (Wildman–Crippen LogP) is 14.2. The highest BCUT2D eigenvalue weighted by atomic mass is 31.2. The summed E-state index contributed by atoms with van der Waals surface area (Å²) in [6.07, 6.45) is 0. The monoisotopic (exact) mass is 820 g/mol. The Morgan fingerprint density at radius 3 is 1.30 bits per heavy atom. The second-order valence-electron chi connectivity index (χ2n) is 18.5. The molecule has 0 fully saturated rings. The maximum absolute atomic E-state index is 7.31. The number of methoxy groups -OCH3 is 3. The fourth-order valence-corrected chi connectivity index (χ4v) is 8.65. The molecular formula is C46H62O9P2. The average molecular weight is 821 g/mol. The first-order valence-electron chi connectivity index (χ1n) is 19.2. The van der Waals surface area contributed by atoms with E-state index in [0.29, 0.717) is 45.3 Å². The van der Waals surface area contributed by atoms with E-state index >= 15 is 0 Å². The van der Waals surface area contributed by atoms with Crippen molar-refractivity contribution in [1.82, 2.24) is 0 Å². The summed E-state index contributed by atoms with van der Waals surface area (Å²) in [6, 6.07) is 16.4. The van der Waals surface area contributed by atoms with Crippen molar-refractivity contribution in [3.63, 3.8) is 0 Å². The molecule has 5 aromatic rings. The highest BCUT2D eigenvalue weighted by molar-refractivity contribution is 7.42. The third-order valence-corrected chi connectivity index (χ3v) is 11.8. The van der Waals surface area contributed by atoms with Gasteiger partial charge in [-0.15, -0.1) is 0 Å². The van der Waals surface area contributed by atoms with Gasteiger partial charge < -0.3 is 40.7 Å². The number of benzene rings is 4. The van der Waals surface area contributed by atoms with Gasteiger partial charge in [0.2, 0.25) is 0 Å². The van der Waals surface area contributed by atoms with E-state index in [1.54, 1.807) is 35.5 Å². The molecule has 0 saturated carbocycles. The zero-order valence-electron chi connectivity index (χ0n) is 37.2. The summed E-state index contributed by atoms with van der Waals surface area (Å²) >= 11 is 0. The average Bonchev–Trinajstić information content (AvgIpc) is 3.27. The van der Waals surface area contributed by atoms with Crippen LogP contribution in [-0.4, -0.2) is 35.5 Å². The summed E-state index contributed by atoms with van der Waals surface area (Å²) in [5.74, 6) is 3.17. The maximum atomic E-state index is 7.31. The van der Waals surface area contributed by atoms with E-state index in [1.165, 1.54) is 0 Å². The largest absolute Gasteiger partial charge is 0.497 e. The van der Waals surface area contributed by atoms with Gasteiger partial charge in [-0.1, -0.05) is 89.2 Å². The van der Waals surface area contributed by atoms with Crippen LogP contribution in [0.15, 0.2) is 56.9 Å². The lowest BCUT2D eigenvalue weighted by molar-refractivity contribution is 0.275. The Balaban J connectivity index is 2.03. The van der Waals surface area contributed by atoms with Crippen molar-refractivity contribution in [3.8, 4) is 39.9 Å². The predicted molar refractivity (Wildman–Crippen MR) is 235 cm³/mol. The summed E-state index contributed by atoms with van der Waals surface area (Å²) in [6.45, 7) is 28.0. The van der Waals surface area contributed by atoms with E-state index in [2.05, 4.69) is 108 Å². The summed E-state index contributed by atoms with van der Waals surface area (Å²) in [4.78, 5) is 0. The molecule has 1 atom stereocenters. The molecule has 57 heavy (non-hydrogen) atoms. The van der Waals surface area contributed by atoms with Crippen molar-refractivity contribution in [3.05, 3.63) is 76.3 Å². The molecule has 0 aliphatic carbocycles. The fourth-order valence-electron chi connectivity index (χ4n) is 6.86. The molecule has 0 amide bonds. The minimum atomic E-state index is -2.16. The van der Waals surface area contributed by atoms with Crippen LogP contribution in [0.5, 0.6) is 28.7 Å². The van der Waals surface area contributed by atoms with Crippen LogP contribution in [-0.2, 0) is 30.7 Å². The molecule has 310 valence electrons. The highest BCUT2D eigenvalue weighted by Crippen LogP contribution is 2.55. The quantitative estimate of drug-likeness (QED) is 0.128. The molecule has 0 bridgehead atoms. The molecule has 9 nitrogen and oxygen atoms in total. The first kappa shape index (κ1) is 44.2. The van der Waals surface area contributed by atoms with Crippen LogP contribution in [0.25, 0.3) is 33.1 Å². The van der Waals surface area contributed by atoms with Crippen LogP contribution in [0.3, 0.4) is 0 Å². The smallest absolute Gasteiger partial charge is 0.453 e. The van der Waals surface area contributed by atoms with Crippen LogP contribution in [0.2, 0.25) is 0 Å². The topological polar surface area (TPSA) is 90.9 Å². The SMILES string of the molecule is COc1cc(-c2cc(OC)cc(C(C)(C)C)c2Op2oc3c(C(C)(C)C)cc(C)cc3c3cc(OC)cc(C(C)(C)C)c3o2)c(OP(OC)OC)c(C(C)(C)C)c1. The van der Waals surface area contributed by atoms with Crippen molar-refractivity contribution >= 4 is 38.8 Å². The number of rotatable bonds is 10. The summed E-state index contributed by atoms with van der Waals surface area (Å²) in [5, 5.41) is 1.80. The minimum Gasteiger partial charge on any atom is -0.497 e. The van der Waals surface area contributed by atoms with Crippen LogP contribution >= 0.6 is 16.8 Å². The Labute approximate surface area is 341 Å². The molecule has 0 aliphatic rings. The first-order valence-corrected chi connectivity index (χ1v) is 21.4. The van der Waals surface area contributed by atoms with Crippen LogP contribution in [0.4, 0.5) is 0 Å². The fraction of sp³-hybridized carbons (Fsp3) is 0.478. The van der Waals surface area contributed by atoms with Crippen molar-refractivity contribution < 1.29 is 40.7 Å². The number of aryl methyl sites for hydroxylation is 1. The van der Waals surface area contributed by atoms with E-state index in [-0.39, 0.29) is 16.2 Å². The van der Waals surface area contributed by atoms with Crippen molar-refractivity contribution in [2.75, 3.05) is 35.5 Å². The second kappa shape index (κ2) is 16.4. The van der Waals surface area contributed by atoms with Crippen molar-refractivity contribution in [1.29, 1.82) is 0 Å². The molecule has 0 N–H and O–H groups in total. The highest BCUT2D eigenvalue weighted by Gasteiger charge is 2.33. The van der Waals surface area contributed by atoms with Gasteiger partial charge in [-0.2, -0.15) is 0 Å². The standard InChI is InChI=1S/C46H62O9P2/c1-27-19-31-32-21-28(47-14)25-37(45(8,9)10)41(32)54-57(53-39(31)35(20-27)43(2,3)4)55-42-34(23-30(49-16)26-38(42)46(11,12)13)33-22-29(48-15)24-36(44(5,6)7)40(33)52-56(50-17)51-18/h19-26H,1-18H3. The van der Waals surface area contributed by atoms with E-state index in [0.717, 1.165) is 44.3 Å². The Kier molecular flexibility index (Phi) is 12.7. The van der Waals surface area contributed by atoms with Gasteiger partial charge in [0, 0.05) is 58.4 Å². The van der Waals surface area contributed by atoms with Crippen LogP contribution in [0.1, 0.15) is 111 Å². The maximum Gasteiger partial charge on any atom is 0.453 e. The number of hydrogen-bond donors (Lipinski definition) is 0. The Hall–Kier alpha value is -3.87. The zero-order valence-corrected chi connectivity index (χ0v) is 39.0. The number of ether oxygens (including phenoxy) is 3. The van der Waals surface area contributed by atoms with Crippen molar-refractivity contribution in [2.24, 2.45) is 0 Å². The molecule has 1 heterocycles. The molecule has 5 rings (SSSR count). The van der Waals surface area contributed by atoms with E-state index in [1.807, 2.05) is 30.3 Å². The number of hydrogen-bond acceptors (Lipinski definition) is 9. The van der Waals surface area contributed by atoms with Gasteiger partial charge in [-0.05, 0) is 76.6 Å². The van der Waals surface area contributed by atoms with Gasteiger partial charge in [-0.3, -0.25) is 0 Å². The molecule has 0 spiro atoms. The second-order valence-corrected chi connectivity index (χ2v) is 20.9. The molecule has 0 aliphatic heterocycles. The van der Waals surface area contributed by atoms with Gasteiger partial charge >= 0.3 is 16.8 Å². The number of fused-ring (bicyclic) bond motifs is 3. The van der Waals surface area contributed by atoms with Gasteiger partial charge in [0.25, 0.3) is 0 Å². The molecule has 0 saturated heterocycles. The Bertz CT molecular complexity index is 2300. The van der Waals surface area contributed by atoms with E-state index in [4.69, 9.17) is 40.7 Å². The Morgan fingerprint density at radius 2 is 0.860 bits per heavy atom. The molecule has 0 radical (unpaired) electrons. The molecule has 4 aromatic carbocycles. The Morgan fingerprint density at radius 1 is 0.474 bits per heavy atom. The molecule has 1 aromatic heterocycles. The summed E-state index contributed by atoms with van der Waals surface area (Å²) < 4.78 is 57.3. The van der Waals surface area contributed by atoms with Gasteiger partial charge in [0.05, 0.1) is 21.3 Å². The van der Waals surface area contributed by atoms with E-state index < -0.39 is 22.3 Å². The van der Waals surface area contributed by atoms with Gasteiger partial charge in [-0.25, -0.2) is 0 Å². The molecule has 11 heteroatoms. The first-order chi connectivity index (χ1) is 26.4. The van der Waals surface area contributed by atoms with E-state index in [9.17, 15) is 0 Å². The lowest BCUT2D eigenvalue weighted by Gasteiger charge is -2.29. The lowest BCUT2D eigenvalue weighted by atomic mass is 9.81. The third-order valence-electron chi connectivity index (χ3n) is 9.90. The van der Waals surface area contributed by atoms with Gasteiger partial charge in [0.15, 0.2) is 0 Å². The zero-order chi connectivity index (χ0) is 42.4. The lowest BCUT2D eigenvalue weighted by Crippen LogP contribution is -2.15. The minimum absolute atomic E-state index is 0.271. The normalized spacial score (nSPS) is 13.0. The molecular weight excluding hydrogens is 758 g/mol. The summed E-state index contributed by atoms with van der Waals surface area (Å²) in [7, 11) is 4.25.